The van der Waals surface area contributed by atoms with E-state index >= 15 is 0 Å². The van der Waals surface area contributed by atoms with Crippen molar-refractivity contribution in [2.24, 2.45) is 0 Å². The van der Waals surface area contributed by atoms with Gasteiger partial charge in [0.1, 0.15) is 11.6 Å². The molecule has 7 heteroatoms. The predicted molar refractivity (Wildman–Crippen MR) is 132 cm³/mol. The van der Waals surface area contributed by atoms with Crippen LogP contribution in [0.5, 0.6) is 0 Å². The minimum atomic E-state index is -0.613. The highest BCUT2D eigenvalue weighted by atomic mass is 16.6. The summed E-state index contributed by atoms with van der Waals surface area (Å²) in [4.78, 5) is 49.8. The number of nitrogens with zero attached hydrogens (tertiary/aromatic N) is 1. The van der Waals surface area contributed by atoms with E-state index in [2.05, 4.69) is 17.2 Å². The van der Waals surface area contributed by atoms with Gasteiger partial charge in [0.2, 0.25) is 11.8 Å². The zero-order valence-corrected chi connectivity index (χ0v) is 21.1. The Morgan fingerprint density at radius 2 is 1.80 bits per heavy atom. The largest absolute Gasteiger partial charge is 0.460 e. The van der Waals surface area contributed by atoms with Crippen molar-refractivity contribution in [1.82, 2.24) is 10.2 Å². The third kappa shape index (κ3) is 7.68. The molecule has 1 aromatic rings. The fraction of sp³-hybridized carbons (Fsp3) is 0.571. The summed E-state index contributed by atoms with van der Waals surface area (Å²) in [5.41, 5.74) is 1.86. The van der Waals surface area contributed by atoms with Gasteiger partial charge in [0, 0.05) is 36.9 Å². The third-order valence-corrected chi connectivity index (χ3v) is 6.16. The van der Waals surface area contributed by atoms with Crippen LogP contribution in [-0.4, -0.2) is 40.2 Å². The van der Waals surface area contributed by atoms with Gasteiger partial charge in [-0.05, 0) is 57.7 Å². The van der Waals surface area contributed by atoms with Crippen molar-refractivity contribution < 1.29 is 23.9 Å². The van der Waals surface area contributed by atoms with Crippen LogP contribution < -0.4 is 5.32 Å². The van der Waals surface area contributed by atoms with E-state index in [1.54, 1.807) is 11.0 Å². The van der Waals surface area contributed by atoms with Crippen molar-refractivity contribution in [3.8, 4) is 11.8 Å². The second kappa shape index (κ2) is 12.0. The molecule has 0 bridgehead atoms. The summed E-state index contributed by atoms with van der Waals surface area (Å²) in [6, 6.07) is 4.90. The molecule has 2 aliphatic rings. The molecule has 3 amide bonds. The second-order valence-corrected chi connectivity index (χ2v) is 10.2. The first kappa shape index (κ1) is 26.5. The van der Waals surface area contributed by atoms with Gasteiger partial charge >= 0.3 is 5.97 Å². The Bertz CT molecular complexity index is 1030. The Morgan fingerprint density at radius 1 is 1.09 bits per heavy atom. The molecule has 35 heavy (non-hydrogen) atoms. The molecule has 0 radical (unpaired) electrons. The number of rotatable bonds is 9. The van der Waals surface area contributed by atoms with Gasteiger partial charge in [0.25, 0.3) is 5.91 Å². The average Bonchev–Trinajstić information content (AvgIpc) is 3.11. The maximum absolute atomic E-state index is 12.9. The molecule has 2 heterocycles. The molecule has 3 rings (SSSR count). The van der Waals surface area contributed by atoms with Crippen molar-refractivity contribution in [2.75, 3.05) is 0 Å². The van der Waals surface area contributed by atoms with Gasteiger partial charge in [-0.2, -0.15) is 0 Å². The quantitative estimate of drug-likeness (QED) is 0.247. The number of nitrogens with one attached hydrogen (secondary N) is 1. The summed E-state index contributed by atoms with van der Waals surface area (Å²) in [7, 11) is 0. The lowest BCUT2D eigenvalue weighted by Crippen LogP contribution is -2.52. The number of ether oxygens (including phenoxy) is 1. The van der Waals surface area contributed by atoms with Gasteiger partial charge in [-0.15, -0.1) is 0 Å². The number of hydrogen-bond donors (Lipinski definition) is 1. The second-order valence-electron chi connectivity index (χ2n) is 10.2. The average molecular weight is 481 g/mol. The summed E-state index contributed by atoms with van der Waals surface area (Å²) in [6.45, 7) is 5.99. The Hall–Kier alpha value is -3.14. The highest BCUT2D eigenvalue weighted by molar-refractivity contribution is 6.05. The molecule has 1 fully saturated rings. The normalized spacial score (nSPS) is 17.5. The fourth-order valence-corrected chi connectivity index (χ4v) is 4.44. The number of amides is 3. The molecule has 1 saturated heterocycles. The van der Waals surface area contributed by atoms with Crippen LogP contribution in [0.25, 0.3) is 0 Å². The molecule has 1 aromatic carbocycles. The number of carbonyl (C=O) groups is 4. The molecule has 7 nitrogen and oxygen atoms in total. The molecule has 1 N–H and O–H groups in total. The summed E-state index contributed by atoms with van der Waals surface area (Å²) in [5, 5.41) is 2.33. The minimum absolute atomic E-state index is 0.123. The Morgan fingerprint density at radius 3 is 2.51 bits per heavy atom. The molecule has 0 spiro atoms. The number of hydrogen-bond acceptors (Lipinski definition) is 5. The number of carbonyl (C=O) groups excluding carboxylic acids is 4. The molecular formula is C28H36N2O5. The van der Waals surface area contributed by atoms with Crippen LogP contribution in [0.4, 0.5) is 0 Å². The highest BCUT2D eigenvalue weighted by Crippen LogP contribution is 2.29. The zero-order valence-electron chi connectivity index (χ0n) is 21.1. The molecular weight excluding hydrogens is 444 g/mol. The smallest absolute Gasteiger partial charge is 0.306 e. The van der Waals surface area contributed by atoms with E-state index in [1.165, 1.54) is 0 Å². The molecule has 2 aliphatic heterocycles. The molecule has 0 aliphatic carbocycles. The van der Waals surface area contributed by atoms with E-state index in [1.807, 2.05) is 32.9 Å². The zero-order chi connectivity index (χ0) is 25.4. The van der Waals surface area contributed by atoms with Crippen molar-refractivity contribution in [3.05, 3.63) is 34.9 Å². The lowest BCUT2D eigenvalue weighted by atomic mass is 10.0. The summed E-state index contributed by atoms with van der Waals surface area (Å²) < 4.78 is 5.32. The van der Waals surface area contributed by atoms with E-state index in [0.29, 0.717) is 24.9 Å². The van der Waals surface area contributed by atoms with Gasteiger partial charge in [-0.3, -0.25) is 24.5 Å². The van der Waals surface area contributed by atoms with Gasteiger partial charge in [0.05, 0.1) is 0 Å². The number of benzene rings is 1. The first-order chi connectivity index (χ1) is 16.7. The van der Waals surface area contributed by atoms with Gasteiger partial charge in [-0.1, -0.05) is 43.6 Å². The Labute approximate surface area is 208 Å². The first-order valence-electron chi connectivity index (χ1n) is 12.6. The number of fused-ring (bicyclic) bond motifs is 1. The molecule has 0 aromatic heterocycles. The monoisotopic (exact) mass is 480 g/mol. The van der Waals surface area contributed by atoms with E-state index in [4.69, 9.17) is 4.74 Å². The van der Waals surface area contributed by atoms with Crippen molar-refractivity contribution in [3.63, 3.8) is 0 Å². The van der Waals surface area contributed by atoms with Crippen molar-refractivity contribution >= 4 is 23.7 Å². The lowest BCUT2D eigenvalue weighted by molar-refractivity contribution is -0.155. The maximum atomic E-state index is 12.9. The highest BCUT2D eigenvalue weighted by Gasteiger charge is 2.39. The number of imide groups is 1. The van der Waals surface area contributed by atoms with Crippen LogP contribution >= 0.6 is 0 Å². The van der Waals surface area contributed by atoms with E-state index in [0.717, 1.165) is 56.1 Å². The molecule has 1 unspecified atom stereocenters. The molecule has 0 saturated carbocycles. The number of esters is 1. The maximum Gasteiger partial charge on any atom is 0.306 e. The third-order valence-electron chi connectivity index (χ3n) is 6.16. The van der Waals surface area contributed by atoms with E-state index < -0.39 is 17.6 Å². The molecule has 1 atom stereocenters. The van der Waals surface area contributed by atoms with Crippen LogP contribution in [0.2, 0.25) is 0 Å². The minimum Gasteiger partial charge on any atom is -0.460 e. The summed E-state index contributed by atoms with van der Waals surface area (Å²) in [6.07, 6.45) is 8.07. The van der Waals surface area contributed by atoms with Crippen LogP contribution in [0, 0.1) is 11.8 Å². The van der Waals surface area contributed by atoms with Gasteiger partial charge < -0.3 is 9.64 Å². The lowest BCUT2D eigenvalue weighted by Gasteiger charge is -2.29. The van der Waals surface area contributed by atoms with Crippen LogP contribution in [0.3, 0.4) is 0 Å². The predicted octanol–water partition coefficient (Wildman–Crippen LogP) is 4.26. The van der Waals surface area contributed by atoms with Gasteiger partial charge in [0.15, 0.2) is 0 Å². The van der Waals surface area contributed by atoms with E-state index in [-0.39, 0.29) is 24.2 Å². The summed E-state index contributed by atoms with van der Waals surface area (Å²) in [5.74, 6) is 5.45. The molecule has 188 valence electrons. The SMILES string of the molecule is CC(C)(C)OC(=O)CCCCCCCCC#Cc1cccc2c1CN(C1CCC(=O)NC1=O)C2=O. The Kier molecular flexibility index (Phi) is 9.08. The topological polar surface area (TPSA) is 92.8 Å². The van der Waals surface area contributed by atoms with Crippen molar-refractivity contribution in [2.45, 2.75) is 103 Å². The van der Waals surface area contributed by atoms with Crippen LogP contribution in [0.1, 0.15) is 106 Å². The van der Waals surface area contributed by atoms with Crippen LogP contribution in [-0.2, 0) is 25.7 Å². The van der Waals surface area contributed by atoms with Gasteiger partial charge in [-0.25, -0.2) is 0 Å². The summed E-state index contributed by atoms with van der Waals surface area (Å²) >= 11 is 0. The first-order valence-corrected chi connectivity index (χ1v) is 12.6. The standard InChI is InChI=1S/C28H36N2O5/c1-28(2,3)35-25(32)16-11-9-7-5-4-6-8-10-13-20-14-12-15-21-22(20)19-30(27(21)34)23-17-18-24(31)29-26(23)33/h12,14-15,23H,4-9,11,16-19H2,1-3H3,(H,29,31,33). The fourth-order valence-electron chi connectivity index (χ4n) is 4.44. The van der Waals surface area contributed by atoms with E-state index in [9.17, 15) is 19.2 Å². The number of unbranched alkanes of at least 4 members (excludes halogenated alkanes) is 6. The Balaban J connectivity index is 1.39. The van der Waals surface area contributed by atoms with Crippen LogP contribution in [0.15, 0.2) is 18.2 Å². The number of piperidine rings is 1. The van der Waals surface area contributed by atoms with Crippen molar-refractivity contribution in [1.29, 1.82) is 0 Å².